The normalized spacial score (nSPS) is 10.6. The number of rotatable bonds is 6. The summed E-state index contributed by atoms with van der Waals surface area (Å²) in [5, 5.41) is 6.86. The Hall–Kier alpha value is -3.16. The van der Waals surface area contributed by atoms with Crippen LogP contribution >= 0.6 is 0 Å². The second-order valence-electron chi connectivity index (χ2n) is 5.01. The van der Waals surface area contributed by atoms with Crippen LogP contribution in [-0.2, 0) is 0 Å². The summed E-state index contributed by atoms with van der Waals surface area (Å²) in [6, 6.07) is 9.03. The second-order valence-corrected chi connectivity index (χ2v) is 5.01. The molecule has 0 atom stereocenters. The molecule has 0 bridgehead atoms. The molecule has 1 amide bonds. The highest BCUT2D eigenvalue weighted by Crippen LogP contribution is 2.16. The molecule has 124 valence electrons. The van der Waals surface area contributed by atoms with Crippen LogP contribution in [0.1, 0.15) is 16.3 Å². The van der Waals surface area contributed by atoms with E-state index in [0.717, 1.165) is 11.4 Å². The van der Waals surface area contributed by atoms with Crippen LogP contribution in [0.2, 0.25) is 0 Å². The zero-order valence-corrected chi connectivity index (χ0v) is 13.4. The van der Waals surface area contributed by atoms with Gasteiger partial charge in [0, 0.05) is 11.9 Å². The number of methoxy groups -OCH3 is 1. The number of fused-ring (bicyclic) bond motifs is 1. The molecule has 3 aromatic rings. The van der Waals surface area contributed by atoms with E-state index in [4.69, 9.17) is 9.47 Å². The molecule has 0 saturated heterocycles. The van der Waals surface area contributed by atoms with E-state index >= 15 is 0 Å². The van der Waals surface area contributed by atoms with Crippen molar-refractivity contribution < 1.29 is 14.3 Å². The molecule has 8 nitrogen and oxygen atoms in total. The van der Waals surface area contributed by atoms with Crippen LogP contribution in [0.15, 0.2) is 36.5 Å². The third-order valence-corrected chi connectivity index (χ3v) is 3.35. The number of ether oxygens (including phenoxy) is 2. The van der Waals surface area contributed by atoms with Gasteiger partial charge in [-0.3, -0.25) is 4.79 Å². The molecule has 0 spiro atoms. The lowest BCUT2D eigenvalue weighted by atomic mass is 10.3. The van der Waals surface area contributed by atoms with E-state index in [2.05, 4.69) is 20.4 Å². The van der Waals surface area contributed by atoms with Crippen molar-refractivity contribution in [2.24, 2.45) is 0 Å². The van der Waals surface area contributed by atoms with Gasteiger partial charge in [0.05, 0.1) is 13.7 Å². The number of hydrogen-bond acceptors (Lipinski definition) is 6. The lowest BCUT2D eigenvalue weighted by Crippen LogP contribution is -2.29. The van der Waals surface area contributed by atoms with Gasteiger partial charge < -0.3 is 14.8 Å². The topological polar surface area (TPSA) is 90.6 Å². The highest BCUT2D eigenvalue weighted by Gasteiger charge is 2.13. The molecule has 0 radical (unpaired) electrons. The fourth-order valence-electron chi connectivity index (χ4n) is 2.09. The summed E-state index contributed by atoms with van der Waals surface area (Å²) in [7, 11) is 1.61. The molecule has 2 heterocycles. The summed E-state index contributed by atoms with van der Waals surface area (Å²) >= 11 is 0. The second kappa shape index (κ2) is 6.95. The Morgan fingerprint density at radius 1 is 1.21 bits per heavy atom. The van der Waals surface area contributed by atoms with Crippen LogP contribution < -0.4 is 14.8 Å². The van der Waals surface area contributed by atoms with Gasteiger partial charge in [0.25, 0.3) is 11.7 Å². The Bertz CT molecular complexity index is 845. The lowest BCUT2D eigenvalue weighted by molar-refractivity contribution is 0.0937. The molecule has 0 aliphatic heterocycles. The third-order valence-electron chi connectivity index (χ3n) is 3.35. The van der Waals surface area contributed by atoms with Crippen molar-refractivity contribution >= 4 is 11.7 Å². The Balaban J connectivity index is 1.52. The Morgan fingerprint density at radius 3 is 2.67 bits per heavy atom. The van der Waals surface area contributed by atoms with Crippen LogP contribution in [0.4, 0.5) is 0 Å². The van der Waals surface area contributed by atoms with E-state index in [1.54, 1.807) is 31.5 Å². The minimum absolute atomic E-state index is 0.0845. The van der Waals surface area contributed by atoms with E-state index in [1.165, 1.54) is 4.52 Å². The molecule has 0 aliphatic carbocycles. The van der Waals surface area contributed by atoms with Gasteiger partial charge >= 0.3 is 0 Å². The maximum absolute atomic E-state index is 12.1. The van der Waals surface area contributed by atoms with Gasteiger partial charge in [0.2, 0.25) is 5.82 Å². The van der Waals surface area contributed by atoms with Crippen molar-refractivity contribution in [1.82, 2.24) is 24.9 Å². The largest absolute Gasteiger partial charge is 0.497 e. The fraction of sp³-hybridized carbons (Fsp3) is 0.250. The average molecular weight is 327 g/mol. The van der Waals surface area contributed by atoms with E-state index in [-0.39, 0.29) is 11.7 Å². The fourth-order valence-corrected chi connectivity index (χ4v) is 2.09. The summed E-state index contributed by atoms with van der Waals surface area (Å²) in [4.78, 5) is 20.2. The first kappa shape index (κ1) is 15.7. The zero-order valence-electron chi connectivity index (χ0n) is 13.4. The number of nitrogens with one attached hydrogen (secondary N) is 1. The highest BCUT2D eigenvalue weighted by molar-refractivity contribution is 5.90. The molecular formula is C16H17N5O3. The van der Waals surface area contributed by atoms with Crippen LogP contribution in [0, 0.1) is 6.92 Å². The van der Waals surface area contributed by atoms with Crippen LogP contribution in [0.25, 0.3) is 5.78 Å². The minimum Gasteiger partial charge on any atom is -0.497 e. The molecule has 2 aromatic heterocycles. The molecular weight excluding hydrogens is 310 g/mol. The number of aryl methyl sites for hydroxylation is 1. The molecule has 0 saturated carbocycles. The predicted octanol–water partition coefficient (Wildman–Crippen LogP) is 1.25. The number of carbonyl (C=O) groups excluding carboxylic acids is 1. The van der Waals surface area contributed by atoms with Crippen LogP contribution in [0.5, 0.6) is 11.5 Å². The van der Waals surface area contributed by atoms with Gasteiger partial charge in [-0.1, -0.05) is 0 Å². The number of carbonyl (C=O) groups is 1. The maximum Gasteiger partial charge on any atom is 0.291 e. The van der Waals surface area contributed by atoms with Crippen LogP contribution in [0.3, 0.4) is 0 Å². The van der Waals surface area contributed by atoms with E-state index in [1.807, 2.05) is 19.1 Å². The molecule has 1 aromatic carbocycles. The monoisotopic (exact) mass is 327 g/mol. The number of benzene rings is 1. The van der Waals surface area contributed by atoms with Crippen LogP contribution in [-0.4, -0.2) is 45.8 Å². The van der Waals surface area contributed by atoms with Gasteiger partial charge in [-0.2, -0.15) is 4.98 Å². The number of hydrogen-bond donors (Lipinski definition) is 1. The molecule has 3 rings (SSSR count). The molecule has 0 fully saturated rings. The number of aromatic nitrogens is 4. The summed E-state index contributed by atoms with van der Waals surface area (Å²) in [6.07, 6.45) is 1.63. The quantitative estimate of drug-likeness (QED) is 0.685. The standard InChI is InChI=1S/C16H17N5O3/c1-11-7-8-18-16-19-14(20-21(11)16)15(22)17-9-10-24-13-5-3-12(23-2)4-6-13/h3-8H,9-10H2,1-2H3,(H,17,22). The van der Waals surface area contributed by atoms with Crippen molar-refractivity contribution in [3.63, 3.8) is 0 Å². The van der Waals surface area contributed by atoms with Crippen molar-refractivity contribution in [3.8, 4) is 11.5 Å². The highest BCUT2D eigenvalue weighted by atomic mass is 16.5. The molecule has 0 aliphatic rings. The molecule has 24 heavy (non-hydrogen) atoms. The van der Waals surface area contributed by atoms with Crippen molar-refractivity contribution in [2.45, 2.75) is 6.92 Å². The van der Waals surface area contributed by atoms with E-state index in [9.17, 15) is 4.79 Å². The van der Waals surface area contributed by atoms with Crippen molar-refractivity contribution in [2.75, 3.05) is 20.3 Å². The smallest absolute Gasteiger partial charge is 0.291 e. The van der Waals surface area contributed by atoms with E-state index in [0.29, 0.717) is 24.7 Å². The summed E-state index contributed by atoms with van der Waals surface area (Å²) < 4.78 is 12.1. The zero-order chi connectivity index (χ0) is 16.9. The third kappa shape index (κ3) is 3.43. The maximum atomic E-state index is 12.1. The Kier molecular flexibility index (Phi) is 4.55. The first-order chi connectivity index (χ1) is 11.7. The summed E-state index contributed by atoms with van der Waals surface area (Å²) in [5.74, 6) is 1.59. The van der Waals surface area contributed by atoms with Gasteiger partial charge in [-0.25, -0.2) is 9.50 Å². The summed E-state index contributed by atoms with van der Waals surface area (Å²) in [6.45, 7) is 2.54. The van der Waals surface area contributed by atoms with Gasteiger partial charge in [-0.05, 0) is 37.3 Å². The average Bonchev–Trinajstić information content (AvgIpc) is 3.05. The van der Waals surface area contributed by atoms with Crippen molar-refractivity contribution in [1.29, 1.82) is 0 Å². The predicted molar refractivity (Wildman–Crippen MR) is 86.3 cm³/mol. The Morgan fingerprint density at radius 2 is 1.96 bits per heavy atom. The van der Waals surface area contributed by atoms with Crippen molar-refractivity contribution in [3.05, 3.63) is 48.0 Å². The number of amides is 1. The first-order valence-electron chi connectivity index (χ1n) is 7.41. The lowest BCUT2D eigenvalue weighted by Gasteiger charge is -2.07. The Labute approximate surface area is 138 Å². The molecule has 1 N–H and O–H groups in total. The minimum atomic E-state index is -0.363. The first-order valence-corrected chi connectivity index (χ1v) is 7.41. The van der Waals surface area contributed by atoms with Gasteiger partial charge in [-0.15, -0.1) is 5.10 Å². The van der Waals surface area contributed by atoms with E-state index < -0.39 is 0 Å². The molecule has 8 heteroatoms. The SMILES string of the molecule is COc1ccc(OCCNC(=O)c2nc3nccc(C)n3n2)cc1. The number of nitrogens with zero attached hydrogens (tertiary/aromatic N) is 4. The van der Waals surface area contributed by atoms with Gasteiger partial charge in [0.1, 0.15) is 18.1 Å². The molecule has 0 unspecified atom stereocenters. The van der Waals surface area contributed by atoms with Gasteiger partial charge in [0.15, 0.2) is 0 Å². The summed E-state index contributed by atoms with van der Waals surface area (Å²) in [5.41, 5.74) is 0.856.